The molecule has 4 heteroatoms. The van der Waals surface area contributed by atoms with Gasteiger partial charge in [0.2, 0.25) is 0 Å². The summed E-state index contributed by atoms with van der Waals surface area (Å²) in [5.74, 6) is 0. The lowest BCUT2D eigenvalue weighted by atomic mass is 10.3. The lowest BCUT2D eigenvalue weighted by Gasteiger charge is -2.12. The molecule has 1 N–H and O–H groups in total. The molecule has 0 aliphatic heterocycles. The third-order valence-corrected chi connectivity index (χ3v) is 3.76. The van der Waals surface area contributed by atoms with E-state index in [2.05, 4.69) is 31.1 Å². The van der Waals surface area contributed by atoms with Crippen LogP contribution in [0, 0.1) is 0 Å². The Hall–Kier alpha value is -0.450. The zero-order valence-corrected chi connectivity index (χ0v) is 11.4. The molecule has 0 aliphatic carbocycles. The topological polar surface area (TPSA) is 34.2 Å². The maximum Gasteiger partial charge on any atom is 0.122 e. The lowest BCUT2D eigenvalue weighted by Crippen LogP contribution is -2.16. The van der Waals surface area contributed by atoms with Crippen LogP contribution in [0.5, 0.6) is 0 Å². The summed E-state index contributed by atoms with van der Waals surface area (Å²) in [7, 11) is 0. The van der Waals surface area contributed by atoms with Crippen molar-refractivity contribution in [3.05, 3.63) is 16.1 Å². The van der Waals surface area contributed by atoms with E-state index in [-0.39, 0.29) is 6.10 Å². The van der Waals surface area contributed by atoms with E-state index in [1.165, 1.54) is 4.88 Å². The van der Waals surface area contributed by atoms with Gasteiger partial charge >= 0.3 is 0 Å². The summed E-state index contributed by atoms with van der Waals surface area (Å²) >= 11 is 1.75. The van der Waals surface area contributed by atoms with Crippen molar-refractivity contribution >= 4 is 11.3 Å². The summed E-state index contributed by atoms with van der Waals surface area (Å²) in [5.41, 5.74) is 0. The zero-order chi connectivity index (χ0) is 12.0. The number of ether oxygens (including phenoxy) is 1. The Morgan fingerprint density at radius 3 is 2.75 bits per heavy atom. The average molecular weight is 242 g/mol. The molecule has 1 aromatic heterocycles. The molecule has 0 bridgehead atoms. The van der Waals surface area contributed by atoms with Gasteiger partial charge in [0.05, 0.1) is 0 Å². The van der Waals surface area contributed by atoms with Crippen LogP contribution in [0.4, 0.5) is 0 Å². The van der Waals surface area contributed by atoms with Crippen molar-refractivity contribution in [2.45, 2.75) is 46.3 Å². The Kier molecular flexibility index (Phi) is 5.95. The Morgan fingerprint density at radius 1 is 1.44 bits per heavy atom. The van der Waals surface area contributed by atoms with Crippen LogP contribution in [-0.2, 0) is 4.74 Å². The second-order valence-electron chi connectivity index (χ2n) is 3.73. The zero-order valence-electron chi connectivity index (χ0n) is 10.6. The normalized spacial score (nSPS) is 15.0. The van der Waals surface area contributed by atoms with E-state index in [0.29, 0.717) is 6.04 Å². The predicted molar refractivity (Wildman–Crippen MR) is 68.9 cm³/mol. The highest BCUT2D eigenvalue weighted by Crippen LogP contribution is 2.28. The van der Waals surface area contributed by atoms with Crippen molar-refractivity contribution in [2.24, 2.45) is 0 Å². The molecular formula is C12H22N2OS. The van der Waals surface area contributed by atoms with Crippen molar-refractivity contribution in [2.75, 3.05) is 13.2 Å². The van der Waals surface area contributed by atoms with Crippen molar-refractivity contribution in [1.82, 2.24) is 10.3 Å². The van der Waals surface area contributed by atoms with Gasteiger partial charge in [0.25, 0.3) is 0 Å². The summed E-state index contributed by atoms with van der Waals surface area (Å²) in [4.78, 5) is 5.75. The van der Waals surface area contributed by atoms with Gasteiger partial charge in [-0.1, -0.05) is 13.8 Å². The molecule has 1 heterocycles. The minimum atomic E-state index is 0.164. The van der Waals surface area contributed by atoms with Crippen LogP contribution < -0.4 is 5.32 Å². The first-order valence-electron chi connectivity index (χ1n) is 6.03. The molecule has 0 radical (unpaired) electrons. The quantitative estimate of drug-likeness (QED) is 0.796. The highest BCUT2D eigenvalue weighted by atomic mass is 32.1. The Bertz CT molecular complexity index is 301. The van der Waals surface area contributed by atoms with Crippen LogP contribution >= 0.6 is 11.3 Å². The summed E-state index contributed by atoms with van der Waals surface area (Å²) in [6, 6.07) is 0.385. The number of aromatic nitrogens is 1. The molecule has 0 aromatic carbocycles. The number of hydrogen-bond acceptors (Lipinski definition) is 4. The Balaban J connectivity index is 2.68. The molecule has 0 saturated carbocycles. The van der Waals surface area contributed by atoms with E-state index in [1.807, 2.05) is 13.1 Å². The Morgan fingerprint density at radius 2 is 2.19 bits per heavy atom. The molecule has 0 aliphatic rings. The van der Waals surface area contributed by atoms with Crippen molar-refractivity contribution in [3.63, 3.8) is 0 Å². The van der Waals surface area contributed by atoms with Gasteiger partial charge in [0, 0.05) is 23.7 Å². The minimum absolute atomic E-state index is 0.164. The van der Waals surface area contributed by atoms with Crippen LogP contribution in [0.1, 0.15) is 56.1 Å². The van der Waals surface area contributed by atoms with E-state index in [1.54, 1.807) is 11.3 Å². The van der Waals surface area contributed by atoms with Crippen LogP contribution in [0.25, 0.3) is 0 Å². The number of hydrogen-bond donors (Lipinski definition) is 1. The molecule has 16 heavy (non-hydrogen) atoms. The fourth-order valence-corrected chi connectivity index (χ4v) is 2.70. The largest absolute Gasteiger partial charge is 0.371 e. The first-order valence-corrected chi connectivity index (χ1v) is 6.85. The molecule has 0 spiro atoms. The molecule has 1 aromatic rings. The van der Waals surface area contributed by atoms with Crippen molar-refractivity contribution < 1.29 is 4.74 Å². The fourth-order valence-electron chi connectivity index (χ4n) is 1.62. The van der Waals surface area contributed by atoms with Crippen LogP contribution in [-0.4, -0.2) is 18.1 Å². The van der Waals surface area contributed by atoms with Crippen LogP contribution in [0.3, 0.4) is 0 Å². The molecule has 92 valence electrons. The van der Waals surface area contributed by atoms with E-state index < -0.39 is 0 Å². The third kappa shape index (κ3) is 3.54. The van der Waals surface area contributed by atoms with Gasteiger partial charge in [-0.15, -0.1) is 11.3 Å². The Labute approximate surface area is 102 Å². The van der Waals surface area contributed by atoms with Gasteiger partial charge in [0.15, 0.2) is 0 Å². The number of thiazole rings is 1. The first kappa shape index (κ1) is 13.6. The van der Waals surface area contributed by atoms with Crippen molar-refractivity contribution in [1.29, 1.82) is 0 Å². The minimum Gasteiger partial charge on any atom is -0.371 e. The van der Waals surface area contributed by atoms with Gasteiger partial charge in [-0.05, 0) is 26.8 Å². The van der Waals surface area contributed by atoms with Crippen LogP contribution in [0.2, 0.25) is 0 Å². The van der Waals surface area contributed by atoms with E-state index >= 15 is 0 Å². The molecule has 3 nitrogen and oxygen atoms in total. The van der Waals surface area contributed by atoms with E-state index in [0.717, 1.165) is 24.6 Å². The molecule has 0 saturated heterocycles. The summed E-state index contributed by atoms with van der Waals surface area (Å²) < 4.78 is 5.66. The predicted octanol–water partition coefficient (Wildman–Crippen LogP) is 3.30. The van der Waals surface area contributed by atoms with Gasteiger partial charge in [-0.3, -0.25) is 0 Å². The molecule has 1 rings (SSSR count). The lowest BCUT2D eigenvalue weighted by molar-refractivity contribution is 0.0596. The smallest absolute Gasteiger partial charge is 0.122 e. The third-order valence-electron chi connectivity index (χ3n) is 2.49. The van der Waals surface area contributed by atoms with Crippen LogP contribution in [0.15, 0.2) is 6.20 Å². The second-order valence-corrected chi connectivity index (χ2v) is 4.83. The standard InChI is InChI=1S/C12H22N2OS/c1-5-10(15-7-3)12-14-8-11(16-12)9(4)13-6-2/h8-10,13H,5-7H2,1-4H3. The highest BCUT2D eigenvalue weighted by molar-refractivity contribution is 7.11. The molecule has 2 atom stereocenters. The molecule has 0 amide bonds. The SMILES string of the molecule is CCNC(C)c1cnc(C(CC)OCC)s1. The van der Waals surface area contributed by atoms with Gasteiger partial charge in [-0.25, -0.2) is 4.98 Å². The van der Waals surface area contributed by atoms with Crippen molar-refractivity contribution in [3.8, 4) is 0 Å². The molecule has 0 fully saturated rings. The summed E-state index contributed by atoms with van der Waals surface area (Å²) in [6.45, 7) is 10.2. The van der Waals surface area contributed by atoms with E-state index in [9.17, 15) is 0 Å². The summed E-state index contributed by atoms with van der Waals surface area (Å²) in [5, 5.41) is 4.49. The monoisotopic (exact) mass is 242 g/mol. The molecule has 2 unspecified atom stereocenters. The molecular weight excluding hydrogens is 220 g/mol. The van der Waals surface area contributed by atoms with Gasteiger partial charge in [0.1, 0.15) is 11.1 Å². The highest BCUT2D eigenvalue weighted by Gasteiger charge is 2.15. The number of rotatable bonds is 7. The summed E-state index contributed by atoms with van der Waals surface area (Å²) in [6.07, 6.45) is 3.11. The van der Waals surface area contributed by atoms with Gasteiger partial charge in [-0.2, -0.15) is 0 Å². The van der Waals surface area contributed by atoms with E-state index in [4.69, 9.17) is 4.74 Å². The number of nitrogens with one attached hydrogen (secondary N) is 1. The van der Waals surface area contributed by atoms with Gasteiger partial charge < -0.3 is 10.1 Å². The fraction of sp³-hybridized carbons (Fsp3) is 0.750. The maximum absolute atomic E-state index is 5.66. The first-order chi connectivity index (χ1) is 7.72. The maximum atomic E-state index is 5.66. The average Bonchev–Trinajstić information content (AvgIpc) is 2.75. The number of nitrogens with zero attached hydrogens (tertiary/aromatic N) is 1. The second kappa shape index (κ2) is 6.99.